The quantitative estimate of drug-likeness (QED) is 0.771. The van der Waals surface area contributed by atoms with Crippen LogP contribution in [0.25, 0.3) is 6.08 Å². The number of amides is 2. The zero-order chi connectivity index (χ0) is 15.2. The number of carbonyl (C=O) groups is 1. The van der Waals surface area contributed by atoms with Crippen molar-refractivity contribution in [3.63, 3.8) is 0 Å². The largest absolute Gasteiger partial charge is 0.323 e. The number of nitrogens with one attached hydrogen (secondary N) is 2. The predicted molar refractivity (Wildman–Crippen MR) is 91.5 cm³/mol. The summed E-state index contributed by atoms with van der Waals surface area (Å²) in [6, 6.07) is 12.8. The number of carbonyl (C=O) groups excluding carboxylic acids is 1. The number of aryl methyl sites for hydroxylation is 1. The van der Waals surface area contributed by atoms with Gasteiger partial charge >= 0.3 is 6.03 Å². The molecule has 2 N–H and O–H groups in total. The van der Waals surface area contributed by atoms with Crippen molar-refractivity contribution in [3.8, 4) is 0 Å². The summed E-state index contributed by atoms with van der Waals surface area (Å²) in [5.41, 5.74) is 2.75. The molecular formula is C16H14BrClN2O. The van der Waals surface area contributed by atoms with Gasteiger partial charge in [0.1, 0.15) is 0 Å². The summed E-state index contributed by atoms with van der Waals surface area (Å²) in [6.45, 7) is 1.99. The van der Waals surface area contributed by atoms with Gasteiger partial charge in [0.25, 0.3) is 0 Å². The Balaban J connectivity index is 1.93. The highest BCUT2D eigenvalue weighted by Crippen LogP contribution is 2.23. The third-order valence-electron chi connectivity index (χ3n) is 2.71. The van der Waals surface area contributed by atoms with Gasteiger partial charge in [-0.2, -0.15) is 0 Å². The first-order valence-corrected chi connectivity index (χ1v) is 7.47. The van der Waals surface area contributed by atoms with Crippen LogP contribution >= 0.6 is 27.5 Å². The first-order chi connectivity index (χ1) is 10.0. The van der Waals surface area contributed by atoms with E-state index in [0.717, 1.165) is 15.6 Å². The van der Waals surface area contributed by atoms with Gasteiger partial charge in [0.2, 0.25) is 0 Å². The zero-order valence-corrected chi connectivity index (χ0v) is 13.7. The normalized spacial score (nSPS) is 10.6. The molecule has 21 heavy (non-hydrogen) atoms. The Labute approximate surface area is 137 Å². The van der Waals surface area contributed by atoms with Crippen molar-refractivity contribution >= 4 is 45.3 Å². The van der Waals surface area contributed by atoms with Gasteiger partial charge in [-0.25, -0.2) is 4.79 Å². The minimum absolute atomic E-state index is 0.308. The maximum atomic E-state index is 11.8. The number of halogens is 2. The molecule has 0 unspecified atom stereocenters. The fourth-order valence-electron chi connectivity index (χ4n) is 1.70. The molecule has 2 aromatic rings. The molecular weight excluding hydrogens is 352 g/mol. The minimum atomic E-state index is -0.308. The molecule has 0 heterocycles. The molecule has 0 fully saturated rings. The molecule has 2 aromatic carbocycles. The van der Waals surface area contributed by atoms with Crippen molar-refractivity contribution in [2.24, 2.45) is 0 Å². The lowest BCUT2D eigenvalue weighted by molar-refractivity contribution is 0.255. The molecule has 108 valence electrons. The Kier molecular flexibility index (Phi) is 5.42. The van der Waals surface area contributed by atoms with Gasteiger partial charge in [-0.3, -0.25) is 0 Å². The highest BCUT2D eigenvalue weighted by Gasteiger charge is 2.03. The van der Waals surface area contributed by atoms with Gasteiger partial charge in [-0.15, -0.1) is 0 Å². The van der Waals surface area contributed by atoms with Crippen molar-refractivity contribution in [2.75, 3.05) is 5.32 Å². The SMILES string of the molecule is Cc1ccc(NC(=O)N/C=C/c2cccc(Cl)c2)c(Br)c1. The molecule has 0 saturated heterocycles. The summed E-state index contributed by atoms with van der Waals surface area (Å²) in [5, 5.41) is 6.06. The van der Waals surface area contributed by atoms with Crippen LogP contribution in [0.1, 0.15) is 11.1 Å². The summed E-state index contributed by atoms with van der Waals surface area (Å²) < 4.78 is 0.844. The summed E-state index contributed by atoms with van der Waals surface area (Å²) in [4.78, 5) is 11.8. The number of urea groups is 1. The summed E-state index contributed by atoms with van der Waals surface area (Å²) >= 11 is 9.30. The van der Waals surface area contributed by atoms with Gasteiger partial charge in [0.05, 0.1) is 5.69 Å². The number of hydrogen-bond donors (Lipinski definition) is 2. The smallest absolute Gasteiger partial charge is 0.314 e. The first-order valence-electron chi connectivity index (χ1n) is 6.30. The van der Waals surface area contributed by atoms with Crippen molar-refractivity contribution in [1.29, 1.82) is 0 Å². The second kappa shape index (κ2) is 7.29. The van der Waals surface area contributed by atoms with Gasteiger partial charge in [0, 0.05) is 15.7 Å². The van der Waals surface area contributed by atoms with E-state index in [9.17, 15) is 4.79 Å². The third-order valence-corrected chi connectivity index (χ3v) is 3.60. The maximum Gasteiger partial charge on any atom is 0.323 e. The monoisotopic (exact) mass is 364 g/mol. The molecule has 2 amide bonds. The third kappa shape index (κ3) is 4.92. The van der Waals surface area contributed by atoms with E-state index in [0.29, 0.717) is 10.7 Å². The van der Waals surface area contributed by atoms with E-state index in [1.165, 1.54) is 0 Å². The van der Waals surface area contributed by atoms with Crippen molar-refractivity contribution in [1.82, 2.24) is 5.32 Å². The average Bonchev–Trinajstić information content (AvgIpc) is 2.42. The molecule has 2 rings (SSSR count). The van der Waals surface area contributed by atoms with Crippen molar-refractivity contribution < 1.29 is 4.79 Å². The first kappa shape index (κ1) is 15.6. The molecule has 0 radical (unpaired) electrons. The van der Waals surface area contributed by atoms with E-state index in [4.69, 9.17) is 11.6 Å². The highest BCUT2D eigenvalue weighted by atomic mass is 79.9. The lowest BCUT2D eigenvalue weighted by atomic mass is 10.2. The minimum Gasteiger partial charge on any atom is -0.314 e. The Morgan fingerprint density at radius 3 is 2.76 bits per heavy atom. The van der Waals surface area contributed by atoms with Crippen molar-refractivity contribution in [3.05, 3.63) is 69.3 Å². The van der Waals surface area contributed by atoms with Gasteiger partial charge in [-0.05, 0) is 64.3 Å². The number of benzene rings is 2. The van der Waals surface area contributed by atoms with Crippen LogP contribution in [0.15, 0.2) is 53.1 Å². The Morgan fingerprint density at radius 1 is 1.24 bits per heavy atom. The second-order valence-electron chi connectivity index (χ2n) is 4.47. The topological polar surface area (TPSA) is 41.1 Å². The van der Waals surface area contributed by atoms with Crippen LogP contribution in [0.3, 0.4) is 0 Å². The molecule has 0 aromatic heterocycles. The Hall–Kier alpha value is -1.78. The zero-order valence-electron chi connectivity index (χ0n) is 11.4. The van der Waals surface area contributed by atoms with Crippen LogP contribution in [0.4, 0.5) is 10.5 Å². The fourth-order valence-corrected chi connectivity index (χ4v) is 2.49. The predicted octanol–water partition coefficient (Wildman–Crippen LogP) is 5.20. The molecule has 0 atom stereocenters. The van der Waals surface area contributed by atoms with Crippen LogP contribution in [-0.4, -0.2) is 6.03 Å². The van der Waals surface area contributed by atoms with E-state index in [1.807, 2.05) is 43.3 Å². The van der Waals surface area contributed by atoms with Crippen molar-refractivity contribution in [2.45, 2.75) is 6.92 Å². The van der Waals surface area contributed by atoms with E-state index < -0.39 is 0 Å². The molecule has 3 nitrogen and oxygen atoms in total. The molecule has 0 saturated carbocycles. The van der Waals surface area contributed by atoms with E-state index >= 15 is 0 Å². The van der Waals surface area contributed by atoms with E-state index in [1.54, 1.807) is 18.3 Å². The van der Waals surface area contributed by atoms with E-state index in [2.05, 4.69) is 26.6 Å². The Morgan fingerprint density at radius 2 is 2.05 bits per heavy atom. The van der Waals surface area contributed by atoms with Crippen LogP contribution in [-0.2, 0) is 0 Å². The summed E-state index contributed by atoms with van der Waals surface area (Å²) in [6.07, 6.45) is 3.35. The fraction of sp³-hybridized carbons (Fsp3) is 0.0625. The maximum absolute atomic E-state index is 11.8. The molecule has 0 aliphatic carbocycles. The van der Waals surface area contributed by atoms with Crippen LogP contribution < -0.4 is 10.6 Å². The summed E-state index contributed by atoms with van der Waals surface area (Å²) in [7, 11) is 0. The average molecular weight is 366 g/mol. The summed E-state index contributed by atoms with van der Waals surface area (Å²) in [5.74, 6) is 0. The lowest BCUT2D eigenvalue weighted by Gasteiger charge is -2.07. The lowest BCUT2D eigenvalue weighted by Crippen LogP contribution is -2.23. The highest BCUT2D eigenvalue weighted by molar-refractivity contribution is 9.10. The standard InChI is InChI=1S/C16H14BrClN2O/c1-11-5-6-15(14(17)9-11)20-16(21)19-8-7-12-3-2-4-13(18)10-12/h2-10H,1H3,(H2,19,20,21)/b8-7+. The molecule has 0 spiro atoms. The Bertz CT molecular complexity index is 686. The van der Waals surface area contributed by atoms with Crippen LogP contribution in [0.2, 0.25) is 5.02 Å². The van der Waals surface area contributed by atoms with Gasteiger partial charge in [-0.1, -0.05) is 29.8 Å². The van der Waals surface area contributed by atoms with Gasteiger partial charge in [0.15, 0.2) is 0 Å². The molecule has 0 aliphatic rings. The molecule has 0 aliphatic heterocycles. The van der Waals surface area contributed by atoms with Crippen LogP contribution in [0, 0.1) is 6.92 Å². The van der Waals surface area contributed by atoms with Gasteiger partial charge < -0.3 is 10.6 Å². The second-order valence-corrected chi connectivity index (χ2v) is 5.76. The number of anilines is 1. The van der Waals surface area contributed by atoms with E-state index in [-0.39, 0.29) is 6.03 Å². The number of hydrogen-bond acceptors (Lipinski definition) is 1. The molecule has 5 heteroatoms. The molecule has 0 bridgehead atoms. The number of rotatable bonds is 3. The van der Waals surface area contributed by atoms with Crippen LogP contribution in [0.5, 0.6) is 0 Å².